The van der Waals surface area contributed by atoms with Gasteiger partial charge in [-0.2, -0.15) is 0 Å². The van der Waals surface area contributed by atoms with Crippen molar-refractivity contribution in [1.29, 1.82) is 0 Å². The van der Waals surface area contributed by atoms with Gasteiger partial charge in [-0.3, -0.25) is 4.79 Å². The van der Waals surface area contributed by atoms with Gasteiger partial charge < -0.3 is 4.90 Å². The lowest BCUT2D eigenvalue weighted by Crippen LogP contribution is -2.16. The lowest BCUT2D eigenvalue weighted by Gasteiger charge is -2.05. The van der Waals surface area contributed by atoms with Gasteiger partial charge in [0.1, 0.15) is 0 Å². The molecule has 80 valence electrons. The first-order valence-electron chi connectivity index (χ1n) is 5.42. The molecule has 0 N–H and O–H groups in total. The molecule has 0 fully saturated rings. The van der Waals surface area contributed by atoms with Gasteiger partial charge in [0.05, 0.1) is 0 Å². The van der Waals surface area contributed by atoms with E-state index in [1.54, 1.807) is 11.9 Å². The molecule has 2 nitrogen and oxygen atoms in total. The molecule has 0 bridgehead atoms. The maximum absolute atomic E-state index is 10.2. The lowest BCUT2D eigenvalue weighted by atomic mass is 10.1. The van der Waals surface area contributed by atoms with E-state index in [0.29, 0.717) is 0 Å². The minimum Gasteiger partial charge on any atom is -0.347 e. The van der Waals surface area contributed by atoms with Crippen LogP contribution in [0.2, 0.25) is 0 Å². The van der Waals surface area contributed by atoms with Gasteiger partial charge in [0.2, 0.25) is 6.41 Å². The van der Waals surface area contributed by atoms with Crippen molar-refractivity contribution < 1.29 is 4.79 Å². The van der Waals surface area contributed by atoms with Crippen LogP contribution in [-0.4, -0.2) is 24.9 Å². The third-order valence-corrected chi connectivity index (χ3v) is 2.05. The van der Waals surface area contributed by atoms with Crippen LogP contribution in [0, 0.1) is 11.8 Å². The van der Waals surface area contributed by atoms with E-state index >= 15 is 0 Å². The molecule has 0 spiro atoms. The summed E-state index contributed by atoms with van der Waals surface area (Å²) in [7, 11) is 1.77. The third-order valence-electron chi connectivity index (χ3n) is 2.05. The van der Waals surface area contributed by atoms with Crippen LogP contribution in [0.15, 0.2) is 0 Å². The zero-order valence-electron chi connectivity index (χ0n) is 9.38. The molecule has 0 aromatic carbocycles. The van der Waals surface area contributed by atoms with Gasteiger partial charge in [0, 0.05) is 26.4 Å². The lowest BCUT2D eigenvalue weighted by molar-refractivity contribution is -0.116. The number of unbranched alkanes of at least 4 members (excludes halogenated alkanes) is 4. The van der Waals surface area contributed by atoms with Gasteiger partial charge in [-0.1, -0.05) is 26.2 Å². The monoisotopic (exact) mass is 195 g/mol. The van der Waals surface area contributed by atoms with E-state index in [0.717, 1.165) is 25.8 Å². The van der Waals surface area contributed by atoms with Crippen LogP contribution in [0.1, 0.15) is 45.4 Å². The number of hydrogen-bond donors (Lipinski definition) is 0. The Bertz CT molecular complexity index is 190. The molecular formula is C12H21NO. The first kappa shape index (κ1) is 13.0. The minimum atomic E-state index is 0.742. The van der Waals surface area contributed by atoms with Gasteiger partial charge in [0.25, 0.3) is 0 Å². The highest BCUT2D eigenvalue weighted by atomic mass is 16.1. The zero-order chi connectivity index (χ0) is 10.6. The summed E-state index contributed by atoms with van der Waals surface area (Å²) in [5, 5.41) is 0. The Kier molecular flexibility index (Phi) is 9.41. The fraction of sp³-hybridized carbons (Fsp3) is 0.750. The summed E-state index contributed by atoms with van der Waals surface area (Å²) in [5.74, 6) is 6.21. The Morgan fingerprint density at radius 3 is 2.50 bits per heavy atom. The molecule has 14 heavy (non-hydrogen) atoms. The third kappa shape index (κ3) is 9.12. The van der Waals surface area contributed by atoms with Crippen molar-refractivity contribution in [3.05, 3.63) is 0 Å². The predicted octanol–water partition coefficient (Wildman–Crippen LogP) is 2.44. The minimum absolute atomic E-state index is 0.742. The summed E-state index contributed by atoms with van der Waals surface area (Å²) in [6.07, 6.45) is 7.73. The first-order chi connectivity index (χ1) is 6.81. The summed E-state index contributed by atoms with van der Waals surface area (Å²) in [6, 6.07) is 0. The van der Waals surface area contributed by atoms with Crippen molar-refractivity contribution in [2.45, 2.75) is 45.4 Å². The Labute approximate surface area is 87.7 Å². The molecule has 0 saturated heterocycles. The van der Waals surface area contributed by atoms with Crippen LogP contribution < -0.4 is 0 Å². The number of carbonyl (C=O) groups excluding carboxylic acids is 1. The Morgan fingerprint density at radius 2 is 1.86 bits per heavy atom. The molecule has 0 saturated carbocycles. The second kappa shape index (κ2) is 10.1. The fourth-order valence-corrected chi connectivity index (χ4v) is 1.10. The van der Waals surface area contributed by atoms with E-state index in [2.05, 4.69) is 18.8 Å². The van der Waals surface area contributed by atoms with E-state index in [-0.39, 0.29) is 0 Å². The zero-order valence-corrected chi connectivity index (χ0v) is 9.38. The van der Waals surface area contributed by atoms with Crippen molar-refractivity contribution in [1.82, 2.24) is 4.90 Å². The summed E-state index contributed by atoms with van der Waals surface area (Å²) >= 11 is 0. The smallest absolute Gasteiger partial charge is 0.209 e. The molecule has 0 aliphatic heterocycles. The molecule has 2 heteroatoms. The normalized spacial score (nSPS) is 9.00. The number of rotatable bonds is 7. The van der Waals surface area contributed by atoms with Gasteiger partial charge >= 0.3 is 0 Å². The van der Waals surface area contributed by atoms with Crippen LogP contribution >= 0.6 is 0 Å². The SMILES string of the molecule is CCCCCCC#CCCN(C)C=O. The Balaban J connectivity index is 3.22. The molecule has 1 amide bonds. The van der Waals surface area contributed by atoms with Crippen molar-refractivity contribution >= 4 is 6.41 Å². The average Bonchev–Trinajstić information content (AvgIpc) is 2.21. The highest BCUT2D eigenvalue weighted by Gasteiger charge is 1.88. The van der Waals surface area contributed by atoms with Gasteiger partial charge in [0.15, 0.2) is 0 Å². The largest absolute Gasteiger partial charge is 0.347 e. The van der Waals surface area contributed by atoms with E-state index in [1.807, 2.05) is 0 Å². The Morgan fingerprint density at radius 1 is 1.14 bits per heavy atom. The molecule has 0 aliphatic rings. The van der Waals surface area contributed by atoms with Crippen LogP contribution in [0.25, 0.3) is 0 Å². The van der Waals surface area contributed by atoms with Crippen molar-refractivity contribution in [2.24, 2.45) is 0 Å². The number of nitrogens with zero attached hydrogens (tertiary/aromatic N) is 1. The number of amides is 1. The van der Waals surface area contributed by atoms with E-state index in [1.165, 1.54) is 25.7 Å². The van der Waals surface area contributed by atoms with E-state index < -0.39 is 0 Å². The highest BCUT2D eigenvalue weighted by molar-refractivity contribution is 5.46. The van der Waals surface area contributed by atoms with Crippen molar-refractivity contribution in [2.75, 3.05) is 13.6 Å². The van der Waals surface area contributed by atoms with Crippen molar-refractivity contribution in [3.63, 3.8) is 0 Å². The summed E-state index contributed by atoms with van der Waals surface area (Å²) < 4.78 is 0. The summed E-state index contributed by atoms with van der Waals surface area (Å²) in [5.41, 5.74) is 0. The van der Waals surface area contributed by atoms with E-state index in [4.69, 9.17) is 0 Å². The first-order valence-corrected chi connectivity index (χ1v) is 5.42. The highest BCUT2D eigenvalue weighted by Crippen LogP contribution is 2.00. The van der Waals surface area contributed by atoms with E-state index in [9.17, 15) is 4.79 Å². The molecule has 0 heterocycles. The molecule has 0 atom stereocenters. The number of carbonyl (C=O) groups is 1. The molecule has 0 rings (SSSR count). The van der Waals surface area contributed by atoms with Crippen LogP contribution in [0.3, 0.4) is 0 Å². The van der Waals surface area contributed by atoms with Gasteiger partial charge in [-0.05, 0) is 6.42 Å². The molecule has 0 aromatic heterocycles. The summed E-state index contributed by atoms with van der Waals surface area (Å²) in [4.78, 5) is 11.8. The second-order valence-electron chi connectivity index (χ2n) is 3.50. The number of hydrogen-bond acceptors (Lipinski definition) is 1. The van der Waals surface area contributed by atoms with Crippen LogP contribution in [0.5, 0.6) is 0 Å². The summed E-state index contributed by atoms with van der Waals surface area (Å²) in [6.45, 7) is 2.95. The predicted molar refractivity (Wildman–Crippen MR) is 59.8 cm³/mol. The van der Waals surface area contributed by atoms with Crippen LogP contribution in [0.4, 0.5) is 0 Å². The maximum Gasteiger partial charge on any atom is 0.209 e. The molecular weight excluding hydrogens is 174 g/mol. The topological polar surface area (TPSA) is 20.3 Å². The molecule has 0 unspecified atom stereocenters. The molecule has 0 radical (unpaired) electrons. The van der Waals surface area contributed by atoms with Gasteiger partial charge in [-0.25, -0.2) is 0 Å². The Hall–Kier alpha value is -0.970. The quantitative estimate of drug-likeness (QED) is 0.347. The average molecular weight is 195 g/mol. The molecule has 0 aliphatic carbocycles. The van der Waals surface area contributed by atoms with Crippen molar-refractivity contribution in [3.8, 4) is 11.8 Å². The van der Waals surface area contributed by atoms with Crippen LogP contribution in [-0.2, 0) is 4.79 Å². The van der Waals surface area contributed by atoms with Gasteiger partial charge in [-0.15, -0.1) is 11.8 Å². The standard InChI is InChI=1S/C12H21NO/c1-3-4-5-6-7-8-9-10-11-13(2)12-14/h12H,3-7,10-11H2,1-2H3. The molecule has 0 aromatic rings. The second-order valence-corrected chi connectivity index (χ2v) is 3.50. The fourth-order valence-electron chi connectivity index (χ4n) is 1.10. The maximum atomic E-state index is 10.2.